The Hall–Kier alpha value is -1.47. The first kappa shape index (κ1) is 14.0. The van der Waals surface area contributed by atoms with Gasteiger partial charge in [-0.2, -0.15) is 0 Å². The molecule has 1 aliphatic heterocycles. The first-order chi connectivity index (χ1) is 8.95. The van der Waals surface area contributed by atoms with Crippen molar-refractivity contribution in [2.45, 2.75) is 12.1 Å². The van der Waals surface area contributed by atoms with E-state index in [-0.39, 0.29) is 11.5 Å². The number of anilines is 1. The van der Waals surface area contributed by atoms with Crippen LogP contribution in [0.1, 0.15) is 0 Å². The predicted octanol–water partition coefficient (Wildman–Crippen LogP) is 0.274. The highest BCUT2D eigenvalue weighted by atomic mass is 32.2. The largest absolute Gasteiger partial charge is 0.493 e. The molecule has 19 heavy (non-hydrogen) atoms. The Morgan fingerprint density at radius 1 is 1.21 bits per heavy atom. The zero-order valence-electron chi connectivity index (χ0n) is 10.8. The maximum absolute atomic E-state index is 11.4. The molecule has 0 aromatic heterocycles. The minimum absolute atomic E-state index is 0.0670. The number of sulfone groups is 1. The number of nitrogens with one attached hydrogen (secondary N) is 1. The van der Waals surface area contributed by atoms with Crippen LogP contribution in [0.5, 0.6) is 11.5 Å². The number of hydrogen-bond donors (Lipinski definition) is 2. The third kappa shape index (κ3) is 3.10. The molecule has 106 valence electrons. The Labute approximate surface area is 112 Å². The van der Waals surface area contributed by atoms with Crippen LogP contribution in [0.2, 0.25) is 0 Å². The van der Waals surface area contributed by atoms with Crippen LogP contribution in [-0.4, -0.2) is 51.4 Å². The molecule has 1 aromatic carbocycles. The Morgan fingerprint density at radius 3 is 2.42 bits per heavy atom. The number of hydrogen-bond acceptors (Lipinski definition) is 6. The lowest BCUT2D eigenvalue weighted by molar-refractivity contribution is 0.190. The highest BCUT2D eigenvalue weighted by Gasteiger charge is 2.36. The average Bonchev–Trinajstić information content (AvgIpc) is 2.62. The summed E-state index contributed by atoms with van der Waals surface area (Å²) in [6.45, 7) is 0. The second kappa shape index (κ2) is 5.26. The molecule has 1 aliphatic rings. The van der Waals surface area contributed by atoms with Crippen molar-refractivity contribution in [1.29, 1.82) is 0 Å². The summed E-state index contributed by atoms with van der Waals surface area (Å²) < 4.78 is 33.1. The first-order valence-electron chi connectivity index (χ1n) is 5.82. The Balaban J connectivity index is 2.16. The van der Waals surface area contributed by atoms with Crippen molar-refractivity contribution in [1.82, 2.24) is 0 Å². The number of ether oxygens (including phenoxy) is 2. The van der Waals surface area contributed by atoms with Gasteiger partial charge in [-0.1, -0.05) is 0 Å². The van der Waals surface area contributed by atoms with Crippen molar-refractivity contribution in [2.24, 2.45) is 0 Å². The number of aliphatic hydroxyl groups excluding tert-OH is 1. The van der Waals surface area contributed by atoms with Gasteiger partial charge in [0.2, 0.25) is 0 Å². The number of methoxy groups -OCH3 is 2. The molecule has 7 heteroatoms. The van der Waals surface area contributed by atoms with E-state index in [2.05, 4.69) is 5.32 Å². The molecule has 0 spiro atoms. The molecule has 1 saturated heterocycles. The van der Waals surface area contributed by atoms with Crippen LogP contribution in [0, 0.1) is 0 Å². The minimum atomic E-state index is -3.16. The van der Waals surface area contributed by atoms with Crippen LogP contribution in [0.15, 0.2) is 18.2 Å². The standard InChI is InChI=1S/C12H17NO5S/c1-17-11-4-3-8(5-12(11)18-2)13-9-6-19(15,16)7-10(9)14/h3-5,9-10,13-14H,6-7H2,1-2H3. The lowest BCUT2D eigenvalue weighted by Crippen LogP contribution is -2.31. The van der Waals surface area contributed by atoms with Crippen molar-refractivity contribution in [3.05, 3.63) is 18.2 Å². The van der Waals surface area contributed by atoms with Crippen molar-refractivity contribution in [2.75, 3.05) is 31.0 Å². The molecule has 0 saturated carbocycles. The minimum Gasteiger partial charge on any atom is -0.493 e. The number of aliphatic hydroxyl groups is 1. The molecular formula is C12H17NO5S. The molecular weight excluding hydrogens is 270 g/mol. The summed E-state index contributed by atoms with van der Waals surface area (Å²) in [6, 6.07) is 4.68. The molecule has 2 N–H and O–H groups in total. The summed E-state index contributed by atoms with van der Waals surface area (Å²) in [6.07, 6.45) is -0.891. The van der Waals surface area contributed by atoms with Gasteiger partial charge in [-0.3, -0.25) is 0 Å². The maximum Gasteiger partial charge on any atom is 0.162 e. The zero-order chi connectivity index (χ0) is 14.0. The van der Waals surface area contributed by atoms with Gasteiger partial charge in [0.1, 0.15) is 0 Å². The maximum atomic E-state index is 11.4. The van der Waals surface area contributed by atoms with E-state index >= 15 is 0 Å². The predicted molar refractivity (Wildman–Crippen MR) is 71.6 cm³/mol. The van der Waals surface area contributed by atoms with E-state index in [1.54, 1.807) is 18.2 Å². The van der Waals surface area contributed by atoms with E-state index in [4.69, 9.17) is 9.47 Å². The van der Waals surface area contributed by atoms with Gasteiger partial charge in [-0.05, 0) is 12.1 Å². The van der Waals surface area contributed by atoms with Crippen LogP contribution in [0.4, 0.5) is 5.69 Å². The number of benzene rings is 1. The highest BCUT2D eigenvalue weighted by molar-refractivity contribution is 7.91. The van der Waals surface area contributed by atoms with Crippen LogP contribution < -0.4 is 14.8 Å². The average molecular weight is 287 g/mol. The highest BCUT2D eigenvalue weighted by Crippen LogP contribution is 2.30. The fourth-order valence-corrected chi connectivity index (χ4v) is 3.85. The van der Waals surface area contributed by atoms with Gasteiger partial charge in [0.15, 0.2) is 21.3 Å². The first-order valence-corrected chi connectivity index (χ1v) is 7.64. The molecule has 2 rings (SSSR count). The van der Waals surface area contributed by atoms with Gasteiger partial charge in [-0.15, -0.1) is 0 Å². The third-order valence-corrected chi connectivity index (χ3v) is 4.77. The molecule has 1 heterocycles. The smallest absolute Gasteiger partial charge is 0.162 e. The normalized spacial score (nSPS) is 25.0. The summed E-state index contributed by atoms with van der Waals surface area (Å²) in [5.74, 6) is 0.871. The molecule has 0 radical (unpaired) electrons. The molecule has 2 atom stereocenters. The van der Waals surface area contributed by atoms with Crippen LogP contribution in [0.25, 0.3) is 0 Å². The zero-order valence-corrected chi connectivity index (χ0v) is 11.6. The summed E-state index contributed by atoms with van der Waals surface area (Å²) in [7, 11) is -0.0975. The van der Waals surface area contributed by atoms with Crippen LogP contribution in [-0.2, 0) is 9.84 Å². The second-order valence-corrected chi connectivity index (χ2v) is 6.62. The van der Waals surface area contributed by atoms with E-state index in [0.29, 0.717) is 17.2 Å². The Morgan fingerprint density at radius 2 is 1.89 bits per heavy atom. The van der Waals surface area contributed by atoms with Gasteiger partial charge >= 0.3 is 0 Å². The van der Waals surface area contributed by atoms with Gasteiger partial charge in [0.05, 0.1) is 37.9 Å². The Kier molecular flexibility index (Phi) is 3.86. The monoisotopic (exact) mass is 287 g/mol. The summed E-state index contributed by atoms with van der Waals surface area (Å²) in [5, 5.41) is 12.7. The molecule has 6 nitrogen and oxygen atoms in total. The van der Waals surface area contributed by atoms with E-state index in [9.17, 15) is 13.5 Å². The van der Waals surface area contributed by atoms with Gasteiger partial charge in [-0.25, -0.2) is 8.42 Å². The molecule has 0 amide bonds. The fraction of sp³-hybridized carbons (Fsp3) is 0.500. The summed E-state index contributed by atoms with van der Waals surface area (Å²) in [4.78, 5) is 0. The van der Waals surface area contributed by atoms with Crippen molar-refractivity contribution < 1.29 is 23.0 Å². The molecule has 0 aliphatic carbocycles. The van der Waals surface area contributed by atoms with Crippen molar-refractivity contribution in [3.8, 4) is 11.5 Å². The molecule has 1 fully saturated rings. The van der Waals surface area contributed by atoms with Gasteiger partial charge in [0.25, 0.3) is 0 Å². The second-order valence-electron chi connectivity index (χ2n) is 4.46. The Bertz CT molecular complexity index is 557. The van der Waals surface area contributed by atoms with Gasteiger partial charge in [0, 0.05) is 11.8 Å². The van der Waals surface area contributed by atoms with Gasteiger partial charge < -0.3 is 19.9 Å². The van der Waals surface area contributed by atoms with E-state index < -0.39 is 22.0 Å². The summed E-state index contributed by atoms with van der Waals surface area (Å²) >= 11 is 0. The molecule has 0 bridgehead atoms. The quantitative estimate of drug-likeness (QED) is 0.827. The lowest BCUT2D eigenvalue weighted by atomic mass is 10.2. The van der Waals surface area contributed by atoms with Crippen LogP contribution >= 0.6 is 0 Å². The van der Waals surface area contributed by atoms with E-state index in [1.807, 2.05) is 0 Å². The molecule has 1 aromatic rings. The number of rotatable bonds is 4. The third-order valence-electron chi connectivity index (χ3n) is 3.06. The van der Waals surface area contributed by atoms with E-state index in [1.165, 1.54) is 14.2 Å². The fourth-order valence-electron chi connectivity index (χ4n) is 2.11. The SMILES string of the molecule is COc1ccc(NC2CS(=O)(=O)CC2O)cc1OC. The van der Waals surface area contributed by atoms with Crippen molar-refractivity contribution >= 4 is 15.5 Å². The summed E-state index contributed by atoms with van der Waals surface area (Å²) in [5.41, 5.74) is 0.679. The van der Waals surface area contributed by atoms with Crippen LogP contribution in [0.3, 0.4) is 0 Å². The van der Waals surface area contributed by atoms with Crippen molar-refractivity contribution in [3.63, 3.8) is 0 Å². The topological polar surface area (TPSA) is 84.9 Å². The molecule has 2 unspecified atom stereocenters. The van der Waals surface area contributed by atoms with E-state index in [0.717, 1.165) is 0 Å². The lowest BCUT2D eigenvalue weighted by Gasteiger charge is -2.17.